The molecule has 7 aromatic carbocycles. The molecule has 0 aliphatic carbocycles. The van der Waals surface area contributed by atoms with Gasteiger partial charge in [0, 0.05) is 0 Å². The predicted octanol–water partition coefficient (Wildman–Crippen LogP) is 25.5. The molecule has 122 heavy (non-hydrogen) atoms. The third kappa shape index (κ3) is 39.5. The van der Waals surface area contributed by atoms with Gasteiger partial charge in [-0.2, -0.15) is 0 Å². The Bertz CT molecular complexity index is 3510. The third-order valence-electron chi connectivity index (χ3n) is 20.5. The maximum atomic E-state index is 6.52. The smallest absolute Gasteiger partial charge is 0.426 e. The molecular formula is C94H139O23P5. The molecule has 7 rings (SSSR count). The summed E-state index contributed by atoms with van der Waals surface area (Å²) in [6, 6.07) is 56.3. The highest BCUT2D eigenvalue weighted by molar-refractivity contribution is 7.43. The number of hydrogen-bond acceptors (Lipinski definition) is 23. The molecule has 0 aromatic heterocycles. The van der Waals surface area contributed by atoms with Gasteiger partial charge in [0.25, 0.3) is 0 Å². The summed E-state index contributed by atoms with van der Waals surface area (Å²) in [5, 5.41) is 0. The molecule has 23 nitrogen and oxygen atoms in total. The van der Waals surface area contributed by atoms with Crippen molar-refractivity contribution in [3.8, 4) is 40.2 Å². The van der Waals surface area contributed by atoms with Crippen molar-refractivity contribution in [2.45, 2.75) is 183 Å². The van der Waals surface area contributed by atoms with Gasteiger partial charge >= 0.3 is 43.0 Å². The van der Waals surface area contributed by atoms with E-state index in [0.717, 1.165) is 118 Å². The van der Waals surface area contributed by atoms with E-state index in [9.17, 15) is 0 Å². The van der Waals surface area contributed by atoms with E-state index in [2.05, 4.69) is 139 Å². The summed E-state index contributed by atoms with van der Waals surface area (Å²) in [7, 11) is -9.04. The van der Waals surface area contributed by atoms with Crippen LogP contribution >= 0.6 is 43.0 Å². The van der Waals surface area contributed by atoms with Crippen LogP contribution in [0.3, 0.4) is 0 Å². The summed E-state index contributed by atoms with van der Waals surface area (Å²) in [6.07, 6.45) is 6.74. The minimum Gasteiger partial charge on any atom is -0.426 e. The lowest BCUT2D eigenvalue weighted by Crippen LogP contribution is -2.14. The topological polar surface area (TPSA) is 212 Å². The molecule has 0 heterocycles. The summed E-state index contributed by atoms with van der Waals surface area (Å²) >= 11 is 0. The van der Waals surface area contributed by atoms with Gasteiger partial charge in [-0.3, -0.25) is 9.05 Å². The van der Waals surface area contributed by atoms with Crippen molar-refractivity contribution < 1.29 is 106 Å². The van der Waals surface area contributed by atoms with Crippen molar-refractivity contribution in [3.63, 3.8) is 0 Å². The fraction of sp³-hybridized carbons (Fsp3) is 0.553. The van der Waals surface area contributed by atoms with Crippen molar-refractivity contribution in [1.82, 2.24) is 0 Å². The van der Waals surface area contributed by atoms with E-state index < -0.39 is 43.0 Å². The largest absolute Gasteiger partial charge is 0.463 e. The zero-order valence-electron chi connectivity index (χ0n) is 74.8. The van der Waals surface area contributed by atoms with Gasteiger partial charge in [-0.05, 0) is 168 Å². The highest BCUT2D eigenvalue weighted by atomic mass is 31.2. The molecule has 678 valence electrons. The molecule has 0 saturated heterocycles. The van der Waals surface area contributed by atoms with Crippen LogP contribution in [0, 0.1) is 0 Å². The molecule has 0 bridgehead atoms. The molecule has 0 fully saturated rings. The van der Waals surface area contributed by atoms with Crippen LogP contribution in [0.1, 0.15) is 222 Å². The Morgan fingerprint density at radius 1 is 0.164 bits per heavy atom. The molecule has 0 spiro atoms. The monoisotopic (exact) mass is 1790 g/mol. The van der Waals surface area contributed by atoms with Crippen LogP contribution in [0.5, 0.6) is 40.2 Å². The summed E-state index contributed by atoms with van der Waals surface area (Å²) < 4.78 is 143. The highest BCUT2D eigenvalue weighted by Gasteiger charge is 2.28. The lowest BCUT2D eigenvalue weighted by atomic mass is 9.98. The normalized spacial score (nSPS) is 14.6. The SMILES string of the molecule is CCC(C)c1ccccc1OP(OCCOCCOCCOP(OCCOCCOCCOP(Oc1ccccc1C(C)CC)Oc1ccccc1C(C)CC)Oc1ccccc1C(C)CC)OCCOCCOCCOP(OCCOCCOCCOP(Oc1ccccc1C(C)CC)Oc1ccccc1C(C)CC)Oc1ccccc1C(C)CC. The first-order valence-electron chi connectivity index (χ1n) is 43.8. The number of hydrogen-bond donors (Lipinski definition) is 0. The standard InChI is InChI=1S/C94H139O23P5/c1-15-74(8)81-36-22-29-43-88(81)111-118(103-66-58-95-50-52-97-60-68-105-119(112-89-44-30-23-37-82(89)75(9)16-2)107-70-62-99-54-56-101-64-72-109-121(114-91-46-32-25-39-84(91)77(11)18-4)115-92-47-33-26-40-85(92)78(12)19-5)104-67-59-96-51-53-98-61-69-106-120(113-90-45-31-24-38-83(90)76(10)17-3)108-71-63-100-55-57-102-65-73-110-122(116-93-48-34-27-41-86(93)79(13)20-6)117-94-49-35-28-42-87(94)80(14)21-7/h22-49,74-80H,15-21,50-73H2,1-14H3. The quantitative estimate of drug-likeness (QED) is 0.0256. The van der Waals surface area contributed by atoms with Crippen molar-refractivity contribution in [3.05, 3.63) is 209 Å². The van der Waals surface area contributed by atoms with Crippen LogP contribution in [-0.4, -0.2) is 159 Å². The van der Waals surface area contributed by atoms with Crippen LogP contribution in [0.2, 0.25) is 0 Å². The van der Waals surface area contributed by atoms with Crippen LogP contribution in [0.15, 0.2) is 170 Å². The molecule has 0 aliphatic heterocycles. The minimum absolute atomic E-state index is 0.222. The molecule has 0 aliphatic rings. The van der Waals surface area contributed by atoms with Gasteiger partial charge in [0.2, 0.25) is 0 Å². The maximum absolute atomic E-state index is 6.52. The molecule has 28 heteroatoms. The minimum atomic E-state index is -1.82. The fourth-order valence-electron chi connectivity index (χ4n) is 12.0. The fourth-order valence-corrected chi connectivity index (χ4v) is 16.9. The Morgan fingerprint density at radius 2 is 0.279 bits per heavy atom. The average Bonchev–Trinajstić information content (AvgIpc) is 0.846. The summed E-state index contributed by atoms with van der Waals surface area (Å²) in [4.78, 5) is 0. The number of benzene rings is 7. The Morgan fingerprint density at radius 3 is 0.418 bits per heavy atom. The van der Waals surface area contributed by atoms with Crippen LogP contribution in [-0.2, 0) is 74.1 Å². The predicted molar refractivity (Wildman–Crippen MR) is 489 cm³/mol. The van der Waals surface area contributed by atoms with E-state index in [0.29, 0.717) is 109 Å². The Hall–Kier alpha value is -5.35. The van der Waals surface area contributed by atoms with Gasteiger partial charge in [0.15, 0.2) is 0 Å². The highest BCUT2D eigenvalue weighted by Crippen LogP contribution is 2.50. The Kier molecular flexibility index (Phi) is 54.0. The second-order valence-electron chi connectivity index (χ2n) is 29.3. The first kappa shape index (κ1) is 104. The second kappa shape index (κ2) is 63.6. The van der Waals surface area contributed by atoms with Crippen LogP contribution in [0.25, 0.3) is 0 Å². The van der Waals surface area contributed by atoms with Crippen molar-refractivity contribution in [2.24, 2.45) is 0 Å². The number of ether oxygens (including phenoxy) is 8. The summed E-state index contributed by atoms with van der Waals surface area (Å²) in [5.74, 6) is 7.22. The second-order valence-corrected chi connectivity index (χ2v) is 34.8. The Balaban J connectivity index is 0.778. The van der Waals surface area contributed by atoms with Gasteiger partial charge in [0.1, 0.15) is 40.2 Å². The summed E-state index contributed by atoms with van der Waals surface area (Å²) in [5.41, 5.74) is 7.70. The van der Waals surface area contributed by atoms with E-state index in [-0.39, 0.29) is 97.0 Å². The number of rotatable bonds is 72. The lowest BCUT2D eigenvalue weighted by Gasteiger charge is -2.23. The third-order valence-corrected chi connectivity index (χ3v) is 26.1. The van der Waals surface area contributed by atoms with E-state index in [1.54, 1.807) is 0 Å². The average molecular weight is 1790 g/mol. The van der Waals surface area contributed by atoms with Crippen LogP contribution in [0.4, 0.5) is 0 Å². The molecule has 0 amide bonds. The molecule has 0 saturated carbocycles. The van der Waals surface area contributed by atoms with E-state index in [1.807, 2.05) is 127 Å². The van der Waals surface area contributed by atoms with E-state index >= 15 is 0 Å². The van der Waals surface area contributed by atoms with Gasteiger partial charge in [-0.1, -0.05) is 224 Å². The molecule has 9 atom stereocenters. The molecule has 0 N–H and O–H groups in total. The van der Waals surface area contributed by atoms with Gasteiger partial charge < -0.3 is 96.7 Å². The molecule has 0 radical (unpaired) electrons. The molecular weight excluding hydrogens is 1650 g/mol. The first-order chi connectivity index (χ1) is 59.7. The van der Waals surface area contributed by atoms with E-state index in [4.69, 9.17) is 106 Å². The molecule has 9 unspecified atom stereocenters. The summed E-state index contributed by atoms with van der Waals surface area (Å²) in [6.45, 7) is 37.5. The Labute approximate surface area is 735 Å². The van der Waals surface area contributed by atoms with E-state index in [1.165, 1.54) is 0 Å². The van der Waals surface area contributed by atoms with Crippen molar-refractivity contribution in [1.29, 1.82) is 0 Å². The number of para-hydroxylation sites is 7. The van der Waals surface area contributed by atoms with Crippen molar-refractivity contribution >= 4 is 43.0 Å². The first-order valence-corrected chi connectivity index (χ1v) is 49.2. The zero-order chi connectivity index (χ0) is 87.0. The van der Waals surface area contributed by atoms with Gasteiger partial charge in [-0.15, -0.1) is 0 Å². The van der Waals surface area contributed by atoms with Gasteiger partial charge in [-0.25, -0.2) is 0 Å². The molecule has 7 aromatic rings. The van der Waals surface area contributed by atoms with Crippen LogP contribution < -0.4 is 31.7 Å². The maximum Gasteiger partial charge on any atom is 0.463 e. The zero-order valence-corrected chi connectivity index (χ0v) is 79.2. The lowest BCUT2D eigenvalue weighted by molar-refractivity contribution is 0.0150. The van der Waals surface area contributed by atoms with Crippen molar-refractivity contribution in [2.75, 3.05) is 159 Å². The van der Waals surface area contributed by atoms with Gasteiger partial charge in [0.05, 0.1) is 159 Å².